The van der Waals surface area contributed by atoms with E-state index in [2.05, 4.69) is 4.98 Å². The van der Waals surface area contributed by atoms with Crippen molar-refractivity contribution in [3.8, 4) is 11.3 Å². The molecule has 1 heterocycles. The van der Waals surface area contributed by atoms with Crippen LogP contribution in [0.5, 0.6) is 0 Å². The zero-order valence-electron chi connectivity index (χ0n) is 11.8. The molecule has 1 saturated carbocycles. The van der Waals surface area contributed by atoms with E-state index in [9.17, 15) is 9.18 Å². The van der Waals surface area contributed by atoms with Crippen LogP contribution in [0.15, 0.2) is 42.6 Å². The van der Waals surface area contributed by atoms with Gasteiger partial charge in [-0.05, 0) is 55.2 Å². The standard InChI is InChI=1S/C17H16FNO2/c1-2-21-17(20)15-9-14(15)12-5-8-16(19-10-12)11-3-6-13(18)7-4-11/h3-8,10,14-15H,2,9H2,1H3/t14-,15?/m0/s1. The van der Waals surface area contributed by atoms with E-state index in [1.165, 1.54) is 12.1 Å². The van der Waals surface area contributed by atoms with Crippen LogP contribution < -0.4 is 0 Å². The molecule has 1 aromatic heterocycles. The summed E-state index contributed by atoms with van der Waals surface area (Å²) in [4.78, 5) is 16.0. The Morgan fingerprint density at radius 1 is 1.29 bits per heavy atom. The summed E-state index contributed by atoms with van der Waals surface area (Å²) in [5.41, 5.74) is 2.73. The van der Waals surface area contributed by atoms with E-state index < -0.39 is 0 Å². The maximum absolute atomic E-state index is 12.9. The van der Waals surface area contributed by atoms with Gasteiger partial charge in [0.1, 0.15) is 5.82 Å². The Balaban J connectivity index is 1.71. The topological polar surface area (TPSA) is 39.2 Å². The van der Waals surface area contributed by atoms with Crippen LogP contribution in [0.2, 0.25) is 0 Å². The molecule has 0 N–H and O–H groups in total. The van der Waals surface area contributed by atoms with E-state index in [1.54, 1.807) is 18.3 Å². The van der Waals surface area contributed by atoms with Crippen LogP contribution in [-0.2, 0) is 9.53 Å². The van der Waals surface area contributed by atoms with Crippen LogP contribution in [0.1, 0.15) is 24.8 Å². The van der Waals surface area contributed by atoms with Gasteiger partial charge < -0.3 is 4.74 Å². The van der Waals surface area contributed by atoms with Crippen molar-refractivity contribution in [2.24, 2.45) is 5.92 Å². The molecule has 0 bridgehead atoms. The van der Waals surface area contributed by atoms with Crippen LogP contribution in [0.3, 0.4) is 0 Å². The van der Waals surface area contributed by atoms with Crippen molar-refractivity contribution in [3.63, 3.8) is 0 Å². The molecule has 3 rings (SSSR count). The van der Waals surface area contributed by atoms with Crippen molar-refractivity contribution in [3.05, 3.63) is 54.0 Å². The SMILES string of the molecule is CCOC(=O)C1C[C@H]1c1ccc(-c2ccc(F)cc2)nc1. The zero-order valence-corrected chi connectivity index (χ0v) is 11.8. The second-order valence-corrected chi connectivity index (χ2v) is 5.18. The van der Waals surface area contributed by atoms with Gasteiger partial charge in [-0.1, -0.05) is 6.07 Å². The normalized spacial score (nSPS) is 20.1. The average Bonchev–Trinajstić information content (AvgIpc) is 3.29. The number of nitrogens with zero attached hydrogens (tertiary/aromatic N) is 1. The summed E-state index contributed by atoms with van der Waals surface area (Å²) >= 11 is 0. The molecule has 4 heteroatoms. The first-order valence-electron chi connectivity index (χ1n) is 7.07. The molecule has 1 aliphatic rings. The number of hydrogen-bond donors (Lipinski definition) is 0. The van der Waals surface area contributed by atoms with Gasteiger partial charge in [0.05, 0.1) is 18.2 Å². The van der Waals surface area contributed by atoms with Crippen molar-refractivity contribution >= 4 is 5.97 Å². The van der Waals surface area contributed by atoms with Crippen LogP contribution >= 0.6 is 0 Å². The molecule has 21 heavy (non-hydrogen) atoms. The summed E-state index contributed by atoms with van der Waals surface area (Å²) in [6.07, 6.45) is 2.62. The number of carbonyl (C=O) groups excluding carboxylic acids is 1. The van der Waals surface area contributed by atoms with Gasteiger partial charge in [-0.25, -0.2) is 4.39 Å². The van der Waals surface area contributed by atoms with E-state index >= 15 is 0 Å². The number of aromatic nitrogens is 1. The smallest absolute Gasteiger partial charge is 0.309 e. The highest BCUT2D eigenvalue weighted by Gasteiger charge is 2.45. The number of hydrogen-bond acceptors (Lipinski definition) is 3. The Labute approximate surface area is 122 Å². The highest BCUT2D eigenvalue weighted by molar-refractivity contribution is 5.77. The van der Waals surface area contributed by atoms with Crippen molar-refractivity contribution in [1.82, 2.24) is 4.98 Å². The minimum absolute atomic E-state index is 0.0246. The lowest BCUT2D eigenvalue weighted by Gasteiger charge is -2.04. The van der Waals surface area contributed by atoms with Crippen molar-refractivity contribution in [1.29, 1.82) is 0 Å². The Bertz CT molecular complexity index is 637. The van der Waals surface area contributed by atoms with Gasteiger partial charge in [0.15, 0.2) is 0 Å². The van der Waals surface area contributed by atoms with Crippen molar-refractivity contribution < 1.29 is 13.9 Å². The fourth-order valence-electron chi connectivity index (χ4n) is 2.49. The molecule has 0 saturated heterocycles. The number of carbonyl (C=O) groups is 1. The van der Waals surface area contributed by atoms with E-state index in [0.29, 0.717) is 6.61 Å². The molecule has 0 radical (unpaired) electrons. The van der Waals surface area contributed by atoms with Gasteiger partial charge >= 0.3 is 5.97 Å². The fourth-order valence-corrected chi connectivity index (χ4v) is 2.49. The van der Waals surface area contributed by atoms with E-state index in [4.69, 9.17) is 4.74 Å². The minimum atomic E-state index is -0.259. The Hall–Kier alpha value is -2.23. The second kappa shape index (κ2) is 5.64. The average molecular weight is 285 g/mol. The number of rotatable bonds is 4. The molecular formula is C17H16FNO2. The summed E-state index contributed by atoms with van der Waals surface area (Å²) < 4.78 is 17.9. The van der Waals surface area contributed by atoms with Crippen LogP contribution in [-0.4, -0.2) is 17.6 Å². The molecule has 1 unspecified atom stereocenters. The van der Waals surface area contributed by atoms with E-state index in [1.807, 2.05) is 19.1 Å². The molecular weight excluding hydrogens is 269 g/mol. The molecule has 108 valence electrons. The Morgan fingerprint density at radius 3 is 2.67 bits per heavy atom. The third kappa shape index (κ3) is 2.94. The molecule has 0 amide bonds. The molecule has 0 aliphatic heterocycles. The Kier molecular flexibility index (Phi) is 3.69. The molecule has 1 fully saturated rings. The van der Waals surface area contributed by atoms with Crippen LogP contribution in [0.4, 0.5) is 4.39 Å². The minimum Gasteiger partial charge on any atom is -0.466 e. The number of esters is 1. The predicted molar refractivity (Wildman–Crippen MR) is 77.1 cm³/mol. The van der Waals surface area contributed by atoms with Gasteiger partial charge in [0.2, 0.25) is 0 Å². The number of benzene rings is 1. The molecule has 1 aromatic carbocycles. The third-order valence-electron chi connectivity index (χ3n) is 3.73. The van der Waals surface area contributed by atoms with Gasteiger partial charge in [0.25, 0.3) is 0 Å². The van der Waals surface area contributed by atoms with Crippen molar-refractivity contribution in [2.45, 2.75) is 19.3 Å². The largest absolute Gasteiger partial charge is 0.466 e. The summed E-state index contributed by atoms with van der Waals surface area (Å²) in [5, 5.41) is 0. The first kappa shape index (κ1) is 13.7. The van der Waals surface area contributed by atoms with Gasteiger partial charge in [-0.15, -0.1) is 0 Å². The second-order valence-electron chi connectivity index (χ2n) is 5.18. The van der Waals surface area contributed by atoms with Crippen LogP contribution in [0.25, 0.3) is 11.3 Å². The fraction of sp³-hybridized carbons (Fsp3) is 0.294. The van der Waals surface area contributed by atoms with Gasteiger partial charge in [-0.3, -0.25) is 9.78 Å². The van der Waals surface area contributed by atoms with Gasteiger partial charge in [0, 0.05) is 11.8 Å². The quantitative estimate of drug-likeness (QED) is 0.806. The van der Waals surface area contributed by atoms with Crippen molar-refractivity contribution in [2.75, 3.05) is 6.61 Å². The summed E-state index contributed by atoms with van der Waals surface area (Å²) in [7, 11) is 0. The third-order valence-corrected chi connectivity index (χ3v) is 3.73. The molecule has 1 aliphatic carbocycles. The highest BCUT2D eigenvalue weighted by atomic mass is 19.1. The molecule has 3 nitrogen and oxygen atoms in total. The van der Waals surface area contributed by atoms with Gasteiger partial charge in [-0.2, -0.15) is 0 Å². The number of ether oxygens (including phenoxy) is 1. The predicted octanol–water partition coefficient (Wildman–Crippen LogP) is 3.55. The summed E-state index contributed by atoms with van der Waals surface area (Å²) in [6, 6.07) is 10.1. The molecule has 2 aromatic rings. The summed E-state index contributed by atoms with van der Waals surface area (Å²) in [5.74, 6) is -0.182. The highest BCUT2D eigenvalue weighted by Crippen LogP contribution is 2.48. The summed E-state index contributed by atoms with van der Waals surface area (Å²) in [6.45, 7) is 2.23. The lowest BCUT2D eigenvalue weighted by atomic mass is 10.1. The van der Waals surface area contributed by atoms with E-state index in [0.717, 1.165) is 23.2 Å². The number of pyridine rings is 1. The molecule has 2 atom stereocenters. The lowest BCUT2D eigenvalue weighted by molar-refractivity contribution is -0.144. The lowest BCUT2D eigenvalue weighted by Crippen LogP contribution is -2.07. The maximum atomic E-state index is 12.9. The monoisotopic (exact) mass is 285 g/mol. The first-order valence-corrected chi connectivity index (χ1v) is 7.07. The maximum Gasteiger partial charge on any atom is 0.309 e. The number of halogens is 1. The zero-order chi connectivity index (χ0) is 14.8. The Morgan fingerprint density at radius 2 is 2.05 bits per heavy atom. The molecule has 0 spiro atoms. The van der Waals surface area contributed by atoms with Crippen LogP contribution in [0, 0.1) is 11.7 Å². The first-order chi connectivity index (χ1) is 10.2. The van der Waals surface area contributed by atoms with E-state index in [-0.39, 0.29) is 23.6 Å².